The molecule has 1 heterocycles. The van der Waals surface area contributed by atoms with Crippen molar-refractivity contribution in [1.29, 1.82) is 0 Å². The second-order valence-corrected chi connectivity index (χ2v) is 4.67. The van der Waals surface area contributed by atoms with Gasteiger partial charge in [-0.25, -0.2) is 9.97 Å². The Bertz CT molecular complexity index is 412. The first-order valence-corrected chi connectivity index (χ1v) is 6.15. The van der Waals surface area contributed by atoms with Crippen LogP contribution in [0.15, 0.2) is 12.3 Å². The predicted molar refractivity (Wildman–Crippen MR) is 69.8 cm³/mol. The van der Waals surface area contributed by atoms with Crippen LogP contribution in [0.5, 0.6) is 0 Å². The summed E-state index contributed by atoms with van der Waals surface area (Å²) in [6.07, 6.45) is 5.23. The molecule has 0 aliphatic heterocycles. The van der Waals surface area contributed by atoms with Crippen LogP contribution in [0.1, 0.15) is 31.4 Å². The van der Waals surface area contributed by atoms with Gasteiger partial charge in [-0.2, -0.15) is 0 Å². The van der Waals surface area contributed by atoms with Crippen molar-refractivity contribution in [2.75, 3.05) is 5.32 Å². The van der Waals surface area contributed by atoms with Crippen LogP contribution in [0.3, 0.4) is 0 Å². The predicted octanol–water partition coefficient (Wildman–Crippen LogP) is 0.826. The van der Waals surface area contributed by atoms with E-state index in [-0.39, 0.29) is 17.1 Å². The molecule has 17 heavy (non-hydrogen) atoms. The molecule has 0 amide bonds. The van der Waals surface area contributed by atoms with Gasteiger partial charge in [-0.3, -0.25) is 0 Å². The first-order valence-electron chi connectivity index (χ1n) is 5.74. The van der Waals surface area contributed by atoms with Crippen LogP contribution in [0.4, 0.5) is 5.95 Å². The molecule has 0 bridgehead atoms. The highest BCUT2D eigenvalue weighted by Crippen LogP contribution is 2.20. The zero-order valence-electron chi connectivity index (χ0n) is 9.47. The fourth-order valence-corrected chi connectivity index (χ4v) is 2.12. The van der Waals surface area contributed by atoms with Crippen LogP contribution in [0, 0.1) is 0 Å². The highest BCUT2D eigenvalue weighted by molar-refractivity contribution is 7.80. The molecule has 92 valence electrons. The molecule has 2 unspecified atom stereocenters. The van der Waals surface area contributed by atoms with Crippen LogP contribution >= 0.6 is 12.2 Å². The highest BCUT2D eigenvalue weighted by Gasteiger charge is 2.23. The van der Waals surface area contributed by atoms with Gasteiger partial charge in [-0.1, -0.05) is 25.1 Å². The molecule has 1 fully saturated rings. The van der Waals surface area contributed by atoms with E-state index in [4.69, 9.17) is 18.0 Å². The molecule has 1 aliphatic carbocycles. The number of anilines is 1. The molecule has 5 nitrogen and oxygen atoms in total. The number of hydrogen-bond donors (Lipinski definition) is 3. The van der Waals surface area contributed by atoms with Gasteiger partial charge in [0, 0.05) is 6.20 Å². The highest BCUT2D eigenvalue weighted by atomic mass is 32.1. The number of thiocarbonyl (C=S) groups is 1. The maximum absolute atomic E-state index is 9.84. The number of nitrogens with one attached hydrogen (secondary N) is 1. The lowest BCUT2D eigenvalue weighted by molar-refractivity contribution is 0.116. The Morgan fingerprint density at radius 3 is 2.94 bits per heavy atom. The van der Waals surface area contributed by atoms with Crippen LogP contribution < -0.4 is 11.1 Å². The molecule has 6 heteroatoms. The SMILES string of the molecule is NC(=S)c1ccnc(NC2CCCCC2O)n1. The normalized spacial score (nSPS) is 24.3. The van der Waals surface area contributed by atoms with Crippen molar-refractivity contribution < 1.29 is 5.11 Å². The van der Waals surface area contributed by atoms with Crippen molar-refractivity contribution in [3.05, 3.63) is 18.0 Å². The minimum absolute atomic E-state index is 0.0188. The van der Waals surface area contributed by atoms with Gasteiger partial charge >= 0.3 is 0 Å². The summed E-state index contributed by atoms with van der Waals surface area (Å²) in [5.41, 5.74) is 6.05. The van der Waals surface area contributed by atoms with E-state index in [0.717, 1.165) is 25.7 Å². The monoisotopic (exact) mass is 252 g/mol. The second kappa shape index (κ2) is 5.37. The first kappa shape index (κ1) is 12.2. The van der Waals surface area contributed by atoms with E-state index in [1.54, 1.807) is 12.3 Å². The maximum Gasteiger partial charge on any atom is 0.223 e. The average molecular weight is 252 g/mol. The second-order valence-electron chi connectivity index (χ2n) is 4.23. The summed E-state index contributed by atoms with van der Waals surface area (Å²) in [5.74, 6) is 0.473. The molecule has 4 N–H and O–H groups in total. The Balaban J connectivity index is 2.07. The van der Waals surface area contributed by atoms with Crippen molar-refractivity contribution in [2.45, 2.75) is 37.8 Å². The van der Waals surface area contributed by atoms with E-state index in [1.807, 2.05) is 0 Å². The van der Waals surface area contributed by atoms with E-state index < -0.39 is 0 Å². The van der Waals surface area contributed by atoms with Gasteiger partial charge in [-0.05, 0) is 18.9 Å². The third-order valence-corrected chi connectivity index (χ3v) is 3.16. The average Bonchev–Trinajstić information content (AvgIpc) is 2.32. The van der Waals surface area contributed by atoms with E-state index in [2.05, 4.69) is 15.3 Å². The number of hydrogen-bond acceptors (Lipinski definition) is 5. The largest absolute Gasteiger partial charge is 0.391 e. The lowest BCUT2D eigenvalue weighted by Gasteiger charge is -2.28. The molecule has 2 atom stereocenters. The van der Waals surface area contributed by atoms with Crippen LogP contribution in [0.25, 0.3) is 0 Å². The van der Waals surface area contributed by atoms with Gasteiger partial charge in [-0.15, -0.1) is 0 Å². The van der Waals surface area contributed by atoms with Gasteiger partial charge in [0.15, 0.2) is 0 Å². The maximum atomic E-state index is 9.84. The quantitative estimate of drug-likeness (QED) is 0.691. The third kappa shape index (κ3) is 3.10. The zero-order chi connectivity index (χ0) is 12.3. The van der Waals surface area contributed by atoms with Crippen molar-refractivity contribution in [1.82, 2.24) is 9.97 Å². The lowest BCUT2D eigenvalue weighted by Crippen LogP contribution is -2.37. The molecule has 1 saturated carbocycles. The number of nitrogens with zero attached hydrogens (tertiary/aromatic N) is 2. The zero-order valence-corrected chi connectivity index (χ0v) is 10.3. The summed E-state index contributed by atoms with van der Waals surface area (Å²) in [6.45, 7) is 0. The van der Waals surface area contributed by atoms with Crippen molar-refractivity contribution in [2.24, 2.45) is 5.73 Å². The topological polar surface area (TPSA) is 84.1 Å². The Hall–Kier alpha value is -1.27. The third-order valence-electron chi connectivity index (χ3n) is 2.95. The van der Waals surface area contributed by atoms with E-state index >= 15 is 0 Å². The number of aliphatic hydroxyl groups excluding tert-OH is 1. The smallest absolute Gasteiger partial charge is 0.223 e. The van der Waals surface area contributed by atoms with Crippen molar-refractivity contribution >= 4 is 23.2 Å². The molecular weight excluding hydrogens is 236 g/mol. The Morgan fingerprint density at radius 1 is 1.47 bits per heavy atom. The number of aliphatic hydroxyl groups is 1. The van der Waals surface area contributed by atoms with Crippen LogP contribution in [0.2, 0.25) is 0 Å². The van der Waals surface area contributed by atoms with Crippen LogP contribution in [-0.2, 0) is 0 Å². The van der Waals surface area contributed by atoms with E-state index in [1.165, 1.54) is 0 Å². The molecular formula is C11H16N4OS. The molecule has 0 spiro atoms. The van der Waals surface area contributed by atoms with Crippen molar-refractivity contribution in [3.8, 4) is 0 Å². The summed E-state index contributed by atoms with van der Waals surface area (Å²) in [7, 11) is 0. The molecule has 1 aromatic rings. The van der Waals surface area contributed by atoms with Crippen molar-refractivity contribution in [3.63, 3.8) is 0 Å². The molecule has 2 rings (SSSR count). The molecule has 1 aromatic heterocycles. The number of aromatic nitrogens is 2. The van der Waals surface area contributed by atoms with Gasteiger partial charge in [0.05, 0.1) is 12.1 Å². The first-order chi connectivity index (χ1) is 8.16. The van der Waals surface area contributed by atoms with Gasteiger partial charge in [0.1, 0.15) is 10.7 Å². The molecule has 0 radical (unpaired) electrons. The summed E-state index contributed by atoms with van der Waals surface area (Å²) >= 11 is 4.86. The molecule has 1 aliphatic rings. The minimum Gasteiger partial charge on any atom is -0.391 e. The number of nitrogens with two attached hydrogens (primary N) is 1. The fourth-order valence-electron chi connectivity index (χ4n) is 2.01. The van der Waals surface area contributed by atoms with E-state index in [0.29, 0.717) is 11.6 Å². The summed E-state index contributed by atoms with van der Waals surface area (Å²) in [4.78, 5) is 8.55. The fraction of sp³-hybridized carbons (Fsp3) is 0.545. The van der Waals surface area contributed by atoms with Crippen LogP contribution in [-0.4, -0.2) is 32.2 Å². The molecule has 0 aromatic carbocycles. The Kier molecular flexibility index (Phi) is 3.86. The Labute approximate surface area is 105 Å². The van der Waals surface area contributed by atoms with E-state index in [9.17, 15) is 5.11 Å². The minimum atomic E-state index is -0.333. The summed E-state index contributed by atoms with van der Waals surface area (Å²) in [6, 6.07) is 1.69. The number of rotatable bonds is 3. The lowest BCUT2D eigenvalue weighted by atomic mass is 9.93. The summed E-state index contributed by atoms with van der Waals surface area (Å²) in [5, 5.41) is 13.0. The van der Waals surface area contributed by atoms with Gasteiger partial charge in [0.2, 0.25) is 5.95 Å². The standard InChI is InChI=1S/C11H16N4OS/c12-10(17)8-5-6-13-11(15-8)14-7-3-1-2-4-9(7)16/h5-7,9,16H,1-4H2,(H2,12,17)(H,13,14,15). The van der Waals surface area contributed by atoms with Gasteiger partial charge < -0.3 is 16.2 Å². The summed E-state index contributed by atoms with van der Waals surface area (Å²) < 4.78 is 0. The Morgan fingerprint density at radius 2 is 2.24 bits per heavy atom. The molecule has 0 saturated heterocycles. The van der Waals surface area contributed by atoms with Gasteiger partial charge in [0.25, 0.3) is 0 Å².